The molecule has 0 saturated carbocycles. The van der Waals surface area contributed by atoms with Crippen LogP contribution < -0.4 is 10.2 Å². The van der Waals surface area contributed by atoms with E-state index in [9.17, 15) is 4.79 Å². The van der Waals surface area contributed by atoms with E-state index in [1.807, 2.05) is 48.4 Å². The molecular weight excluding hydrogens is 354 g/mol. The summed E-state index contributed by atoms with van der Waals surface area (Å²) < 4.78 is 5.35. The molecule has 150 valence electrons. The zero-order valence-corrected chi connectivity index (χ0v) is 17.1. The molecule has 0 bridgehead atoms. The Kier molecular flexibility index (Phi) is 6.46. The summed E-state index contributed by atoms with van der Waals surface area (Å²) in [5, 5.41) is 2.99. The molecule has 0 aliphatic carbocycles. The first-order valence-electron chi connectivity index (χ1n) is 9.74. The van der Waals surface area contributed by atoms with Crippen LogP contribution in [0.1, 0.15) is 44.1 Å². The van der Waals surface area contributed by atoms with Crippen LogP contribution in [-0.2, 0) is 4.74 Å². The molecule has 1 aromatic heterocycles. The van der Waals surface area contributed by atoms with E-state index in [2.05, 4.69) is 34.0 Å². The summed E-state index contributed by atoms with van der Waals surface area (Å²) in [4.78, 5) is 25.7. The number of ether oxygens (including phenoxy) is 1. The van der Waals surface area contributed by atoms with Crippen LogP contribution in [0.4, 0.5) is 16.4 Å². The van der Waals surface area contributed by atoms with Crippen LogP contribution in [0.5, 0.6) is 0 Å². The van der Waals surface area contributed by atoms with Crippen molar-refractivity contribution in [3.8, 4) is 0 Å². The van der Waals surface area contributed by atoms with Gasteiger partial charge in [-0.2, -0.15) is 0 Å². The fraction of sp³-hybridized carbons (Fsp3) is 0.476. The maximum absolute atomic E-state index is 12.6. The lowest BCUT2D eigenvalue weighted by atomic mass is 10.1. The van der Waals surface area contributed by atoms with Crippen LogP contribution >= 0.6 is 0 Å². The predicted molar refractivity (Wildman–Crippen MR) is 111 cm³/mol. The number of carbonyl (C=O) groups is 1. The van der Waals surface area contributed by atoms with Crippen molar-refractivity contribution in [1.82, 2.24) is 14.9 Å². The maximum Gasteiger partial charge on any atom is 0.321 e. The molecule has 28 heavy (non-hydrogen) atoms. The second kappa shape index (κ2) is 9.01. The van der Waals surface area contributed by atoms with Gasteiger partial charge in [0, 0.05) is 50.9 Å². The Morgan fingerprint density at radius 1 is 1.14 bits per heavy atom. The smallest absolute Gasteiger partial charge is 0.321 e. The summed E-state index contributed by atoms with van der Waals surface area (Å²) in [5.41, 5.74) is 2.85. The Labute approximate surface area is 166 Å². The monoisotopic (exact) mass is 383 g/mol. The number of hydrogen-bond acceptors (Lipinski definition) is 5. The van der Waals surface area contributed by atoms with Gasteiger partial charge in [0.2, 0.25) is 5.95 Å². The van der Waals surface area contributed by atoms with Gasteiger partial charge in [-0.05, 0) is 36.6 Å². The van der Waals surface area contributed by atoms with Gasteiger partial charge in [0.05, 0.1) is 6.10 Å². The molecule has 1 aliphatic heterocycles. The SMILES string of the molecule is COC(C)c1cccc(NC(=O)N2CCN(c3nccc(C(C)C)n3)CC2)c1. The first kappa shape index (κ1) is 20.1. The number of rotatable bonds is 5. The molecule has 0 spiro atoms. The van der Waals surface area contributed by atoms with Gasteiger partial charge >= 0.3 is 6.03 Å². The van der Waals surface area contributed by atoms with Crippen LogP contribution in [-0.4, -0.2) is 54.2 Å². The third-order valence-corrected chi connectivity index (χ3v) is 5.07. The minimum atomic E-state index is -0.0845. The number of nitrogens with zero attached hydrogens (tertiary/aromatic N) is 4. The highest BCUT2D eigenvalue weighted by atomic mass is 16.5. The molecule has 1 unspecified atom stereocenters. The van der Waals surface area contributed by atoms with Gasteiger partial charge in [0.1, 0.15) is 0 Å². The fourth-order valence-corrected chi connectivity index (χ4v) is 3.15. The number of nitrogens with one attached hydrogen (secondary N) is 1. The molecule has 1 atom stereocenters. The molecule has 2 amide bonds. The number of benzene rings is 1. The first-order valence-corrected chi connectivity index (χ1v) is 9.74. The molecular formula is C21H29N5O2. The Morgan fingerprint density at radius 2 is 1.89 bits per heavy atom. The standard InChI is InChI=1S/C21H29N5O2/c1-15(2)19-8-9-22-20(24-19)25-10-12-26(13-11-25)21(27)23-18-7-5-6-17(14-18)16(3)28-4/h5-9,14-16H,10-13H2,1-4H3,(H,23,27). The molecule has 0 radical (unpaired) electrons. The quantitative estimate of drug-likeness (QED) is 0.853. The van der Waals surface area contributed by atoms with Crippen molar-refractivity contribution in [1.29, 1.82) is 0 Å². The summed E-state index contributed by atoms with van der Waals surface area (Å²) in [5.74, 6) is 1.11. The number of aromatic nitrogens is 2. The number of anilines is 2. The topological polar surface area (TPSA) is 70.6 Å². The second-order valence-electron chi connectivity index (χ2n) is 7.34. The summed E-state index contributed by atoms with van der Waals surface area (Å²) >= 11 is 0. The molecule has 1 aliphatic rings. The minimum Gasteiger partial charge on any atom is -0.377 e. The van der Waals surface area contributed by atoms with Crippen LogP contribution in [0.15, 0.2) is 36.5 Å². The molecule has 2 heterocycles. The Balaban J connectivity index is 1.58. The number of amides is 2. The summed E-state index contributed by atoms with van der Waals surface area (Å²) in [6.45, 7) is 8.93. The van der Waals surface area contributed by atoms with Crippen molar-refractivity contribution < 1.29 is 9.53 Å². The molecule has 1 fully saturated rings. The molecule has 2 aromatic rings. The van der Waals surface area contributed by atoms with Crippen LogP contribution in [0.25, 0.3) is 0 Å². The number of urea groups is 1. The van der Waals surface area contributed by atoms with Crippen LogP contribution in [0.3, 0.4) is 0 Å². The molecule has 3 rings (SSSR count). The molecule has 1 aromatic carbocycles. The van der Waals surface area contributed by atoms with E-state index in [0.717, 1.165) is 36.0 Å². The van der Waals surface area contributed by atoms with Crippen molar-refractivity contribution in [3.63, 3.8) is 0 Å². The van der Waals surface area contributed by atoms with Crippen molar-refractivity contribution in [2.45, 2.75) is 32.8 Å². The van der Waals surface area contributed by atoms with E-state index in [1.165, 1.54) is 0 Å². The summed E-state index contributed by atoms with van der Waals surface area (Å²) in [7, 11) is 1.68. The number of methoxy groups -OCH3 is 1. The third-order valence-electron chi connectivity index (χ3n) is 5.07. The molecule has 1 N–H and O–H groups in total. The average molecular weight is 383 g/mol. The highest BCUT2D eigenvalue weighted by molar-refractivity contribution is 5.89. The minimum absolute atomic E-state index is 0.0120. The lowest BCUT2D eigenvalue weighted by Crippen LogP contribution is -2.50. The van der Waals surface area contributed by atoms with Crippen molar-refractivity contribution in [2.75, 3.05) is 43.5 Å². The largest absolute Gasteiger partial charge is 0.377 e. The number of hydrogen-bond donors (Lipinski definition) is 1. The lowest BCUT2D eigenvalue weighted by molar-refractivity contribution is 0.119. The van der Waals surface area contributed by atoms with Gasteiger partial charge in [-0.25, -0.2) is 14.8 Å². The van der Waals surface area contributed by atoms with Gasteiger partial charge in [-0.1, -0.05) is 26.0 Å². The van der Waals surface area contributed by atoms with Gasteiger partial charge in [0.15, 0.2) is 0 Å². The van der Waals surface area contributed by atoms with Gasteiger partial charge in [-0.3, -0.25) is 0 Å². The summed E-state index contributed by atoms with van der Waals surface area (Å²) in [6.07, 6.45) is 1.80. The normalized spacial score (nSPS) is 15.6. The summed E-state index contributed by atoms with van der Waals surface area (Å²) in [6, 6.07) is 9.64. The highest BCUT2D eigenvalue weighted by Gasteiger charge is 2.23. The van der Waals surface area contributed by atoms with E-state index in [1.54, 1.807) is 7.11 Å². The Bertz CT molecular complexity index is 803. The van der Waals surface area contributed by atoms with Gasteiger partial charge in [0.25, 0.3) is 0 Å². The fourth-order valence-electron chi connectivity index (χ4n) is 3.15. The Hall–Kier alpha value is -2.67. The zero-order chi connectivity index (χ0) is 20.1. The third kappa shape index (κ3) is 4.78. The van der Waals surface area contributed by atoms with Gasteiger partial charge in [-0.15, -0.1) is 0 Å². The average Bonchev–Trinajstić information content (AvgIpc) is 2.73. The van der Waals surface area contributed by atoms with E-state index in [4.69, 9.17) is 4.74 Å². The van der Waals surface area contributed by atoms with E-state index in [-0.39, 0.29) is 12.1 Å². The molecule has 7 heteroatoms. The lowest BCUT2D eigenvalue weighted by Gasteiger charge is -2.34. The van der Waals surface area contributed by atoms with Crippen molar-refractivity contribution in [3.05, 3.63) is 47.8 Å². The number of carbonyl (C=O) groups excluding carboxylic acids is 1. The number of piperazine rings is 1. The van der Waals surface area contributed by atoms with Crippen LogP contribution in [0, 0.1) is 0 Å². The zero-order valence-electron chi connectivity index (χ0n) is 17.1. The first-order chi connectivity index (χ1) is 13.5. The van der Waals surface area contributed by atoms with E-state index < -0.39 is 0 Å². The van der Waals surface area contributed by atoms with Crippen LogP contribution in [0.2, 0.25) is 0 Å². The van der Waals surface area contributed by atoms with Crippen molar-refractivity contribution in [2.24, 2.45) is 0 Å². The van der Waals surface area contributed by atoms with E-state index in [0.29, 0.717) is 19.0 Å². The molecule has 7 nitrogen and oxygen atoms in total. The Morgan fingerprint density at radius 3 is 2.57 bits per heavy atom. The maximum atomic E-state index is 12.6. The highest BCUT2D eigenvalue weighted by Crippen LogP contribution is 2.20. The molecule has 1 saturated heterocycles. The van der Waals surface area contributed by atoms with Crippen molar-refractivity contribution >= 4 is 17.7 Å². The predicted octanol–water partition coefficient (Wildman–Crippen LogP) is 3.66. The van der Waals surface area contributed by atoms with E-state index >= 15 is 0 Å². The second-order valence-corrected chi connectivity index (χ2v) is 7.34. The van der Waals surface area contributed by atoms with Gasteiger partial charge < -0.3 is 19.9 Å².